The van der Waals surface area contributed by atoms with E-state index in [0.29, 0.717) is 10.8 Å². The Morgan fingerprint density at radius 3 is 2.67 bits per heavy atom. The molecule has 1 aromatic heterocycles. The Bertz CT molecular complexity index is 851. The molecule has 0 fully saturated rings. The van der Waals surface area contributed by atoms with E-state index >= 15 is 0 Å². The van der Waals surface area contributed by atoms with E-state index in [1.54, 1.807) is 12.1 Å². The van der Waals surface area contributed by atoms with Gasteiger partial charge < -0.3 is 16.2 Å². The fourth-order valence-electron chi connectivity index (χ4n) is 2.33. The number of nitrogens with zero attached hydrogens (tertiary/aromatic N) is 1. The van der Waals surface area contributed by atoms with Crippen molar-refractivity contribution in [1.82, 2.24) is 15.0 Å². The minimum Gasteiger partial charge on any atom is -0.493 e. The molecule has 8 nitrogen and oxygen atoms in total. The van der Waals surface area contributed by atoms with Gasteiger partial charge in [-0.05, 0) is 24.1 Å². The predicted molar refractivity (Wildman–Crippen MR) is 92.3 cm³/mol. The van der Waals surface area contributed by atoms with Crippen LogP contribution in [-0.2, 0) is 10.0 Å². The standard InChI is InChI=1S/C15H21N5O3S/c1-9(2)12(20-15(16)17)8-19-24(22,23)13-5-3-4-11-10(13)6-7-18-14(11)21/h3-7,9,12,19H,8H2,1-2H3,(H,18,21)(H4,16,17,20). The molecule has 1 unspecified atom stereocenters. The molecule has 1 aromatic carbocycles. The van der Waals surface area contributed by atoms with Gasteiger partial charge >= 0.3 is 0 Å². The first-order valence-electron chi connectivity index (χ1n) is 7.39. The maximum atomic E-state index is 12.6. The van der Waals surface area contributed by atoms with Crippen molar-refractivity contribution in [3.8, 4) is 5.88 Å². The largest absolute Gasteiger partial charge is 0.493 e. The molecule has 2 aromatic rings. The number of aromatic hydroxyl groups is 1. The molecule has 2 rings (SSSR count). The summed E-state index contributed by atoms with van der Waals surface area (Å²) in [7, 11) is -3.81. The Morgan fingerprint density at radius 1 is 1.33 bits per heavy atom. The van der Waals surface area contributed by atoms with Crippen LogP contribution in [0.3, 0.4) is 0 Å². The molecular formula is C15H21N5O3S. The van der Waals surface area contributed by atoms with E-state index in [1.165, 1.54) is 18.3 Å². The Morgan fingerprint density at radius 2 is 2.04 bits per heavy atom. The van der Waals surface area contributed by atoms with Crippen molar-refractivity contribution in [1.29, 1.82) is 5.41 Å². The van der Waals surface area contributed by atoms with Crippen molar-refractivity contribution in [3.63, 3.8) is 0 Å². The van der Waals surface area contributed by atoms with Crippen LogP contribution < -0.4 is 15.8 Å². The first-order valence-corrected chi connectivity index (χ1v) is 8.87. The third kappa shape index (κ3) is 3.92. The summed E-state index contributed by atoms with van der Waals surface area (Å²) in [6.45, 7) is 3.88. The zero-order valence-corrected chi connectivity index (χ0v) is 14.3. The van der Waals surface area contributed by atoms with Crippen molar-refractivity contribution in [2.45, 2.75) is 24.8 Å². The molecule has 1 heterocycles. The van der Waals surface area contributed by atoms with Gasteiger partial charge in [-0.25, -0.2) is 18.1 Å². The summed E-state index contributed by atoms with van der Waals surface area (Å²) in [6, 6.07) is 5.84. The zero-order valence-electron chi connectivity index (χ0n) is 13.4. The summed E-state index contributed by atoms with van der Waals surface area (Å²) in [6.07, 6.45) is 1.35. The summed E-state index contributed by atoms with van der Waals surface area (Å²) in [5, 5.41) is 20.6. The van der Waals surface area contributed by atoms with Crippen LogP contribution >= 0.6 is 0 Å². The van der Waals surface area contributed by atoms with Crippen molar-refractivity contribution in [2.24, 2.45) is 11.7 Å². The van der Waals surface area contributed by atoms with Crippen LogP contribution in [0.2, 0.25) is 0 Å². The van der Waals surface area contributed by atoms with Crippen LogP contribution in [0.4, 0.5) is 0 Å². The number of hydrogen-bond acceptors (Lipinski definition) is 5. The number of pyridine rings is 1. The van der Waals surface area contributed by atoms with E-state index in [2.05, 4.69) is 15.0 Å². The summed E-state index contributed by atoms with van der Waals surface area (Å²) in [5.74, 6) is -0.366. The van der Waals surface area contributed by atoms with Gasteiger partial charge in [-0.3, -0.25) is 5.41 Å². The quantitative estimate of drug-likeness (QED) is 0.384. The Hall–Kier alpha value is -2.39. The molecule has 130 valence electrons. The number of nitrogens with two attached hydrogens (primary N) is 1. The van der Waals surface area contributed by atoms with Gasteiger partial charge in [0.25, 0.3) is 0 Å². The van der Waals surface area contributed by atoms with Gasteiger partial charge in [-0.1, -0.05) is 19.9 Å². The number of guanidine groups is 1. The molecule has 0 amide bonds. The molecule has 0 radical (unpaired) electrons. The van der Waals surface area contributed by atoms with E-state index in [9.17, 15) is 13.5 Å². The van der Waals surface area contributed by atoms with Crippen molar-refractivity contribution in [3.05, 3.63) is 30.5 Å². The molecule has 6 N–H and O–H groups in total. The maximum absolute atomic E-state index is 12.6. The van der Waals surface area contributed by atoms with Gasteiger partial charge in [-0.15, -0.1) is 0 Å². The summed E-state index contributed by atoms with van der Waals surface area (Å²) in [5.41, 5.74) is 5.33. The number of aromatic nitrogens is 1. The highest BCUT2D eigenvalue weighted by Crippen LogP contribution is 2.27. The second-order valence-corrected chi connectivity index (χ2v) is 7.48. The van der Waals surface area contributed by atoms with Crippen LogP contribution in [0.25, 0.3) is 10.8 Å². The minimum atomic E-state index is -3.81. The van der Waals surface area contributed by atoms with Crippen LogP contribution in [0.5, 0.6) is 5.88 Å². The fraction of sp³-hybridized carbons (Fsp3) is 0.333. The second kappa shape index (κ2) is 7.02. The minimum absolute atomic E-state index is 0.0584. The van der Waals surface area contributed by atoms with Crippen LogP contribution in [0.15, 0.2) is 35.4 Å². The smallest absolute Gasteiger partial charge is 0.241 e. The summed E-state index contributed by atoms with van der Waals surface area (Å²) >= 11 is 0. The molecule has 0 saturated carbocycles. The van der Waals surface area contributed by atoms with E-state index in [1.807, 2.05) is 13.8 Å². The van der Waals surface area contributed by atoms with E-state index in [-0.39, 0.29) is 35.2 Å². The molecule has 0 spiro atoms. The molecule has 0 aliphatic heterocycles. The number of benzene rings is 1. The lowest BCUT2D eigenvalue weighted by Crippen LogP contribution is -2.48. The number of nitrogens with one attached hydrogen (secondary N) is 3. The van der Waals surface area contributed by atoms with Gasteiger partial charge in [0, 0.05) is 29.6 Å². The predicted octanol–water partition coefficient (Wildman–Crippen LogP) is 0.726. The van der Waals surface area contributed by atoms with E-state index in [0.717, 1.165) is 0 Å². The van der Waals surface area contributed by atoms with Gasteiger partial charge in [0.05, 0.1) is 4.90 Å². The molecule has 24 heavy (non-hydrogen) atoms. The molecule has 1 atom stereocenters. The highest BCUT2D eigenvalue weighted by atomic mass is 32.2. The number of rotatable bonds is 6. The molecule has 9 heteroatoms. The third-order valence-electron chi connectivity index (χ3n) is 3.67. The fourth-order valence-corrected chi connectivity index (χ4v) is 3.61. The van der Waals surface area contributed by atoms with E-state index < -0.39 is 10.0 Å². The zero-order chi connectivity index (χ0) is 17.9. The third-order valence-corrected chi connectivity index (χ3v) is 5.16. The Balaban J connectivity index is 2.31. The lowest BCUT2D eigenvalue weighted by atomic mass is 10.1. The maximum Gasteiger partial charge on any atom is 0.241 e. The lowest BCUT2D eigenvalue weighted by Gasteiger charge is -2.23. The van der Waals surface area contributed by atoms with Gasteiger partial charge in [0.15, 0.2) is 5.96 Å². The van der Waals surface area contributed by atoms with Crippen molar-refractivity contribution >= 4 is 26.8 Å². The molecule has 0 saturated heterocycles. The number of fused-ring (bicyclic) bond motifs is 1. The SMILES string of the molecule is CC(C)C(CNS(=O)(=O)c1cccc2c(O)nccc12)NC(=N)N. The van der Waals surface area contributed by atoms with Crippen LogP contribution in [-0.4, -0.2) is 37.1 Å². The highest BCUT2D eigenvalue weighted by molar-refractivity contribution is 7.89. The Kier molecular flexibility index (Phi) is 5.25. The topological polar surface area (TPSA) is 141 Å². The van der Waals surface area contributed by atoms with Crippen molar-refractivity contribution < 1.29 is 13.5 Å². The molecular weight excluding hydrogens is 330 g/mol. The molecule has 0 aliphatic carbocycles. The van der Waals surface area contributed by atoms with Crippen LogP contribution in [0.1, 0.15) is 13.8 Å². The monoisotopic (exact) mass is 351 g/mol. The average molecular weight is 351 g/mol. The first-order chi connectivity index (χ1) is 11.2. The van der Waals surface area contributed by atoms with Crippen LogP contribution in [0, 0.1) is 11.3 Å². The van der Waals surface area contributed by atoms with E-state index in [4.69, 9.17) is 11.1 Å². The lowest BCUT2D eigenvalue weighted by molar-refractivity contribution is 0.444. The van der Waals surface area contributed by atoms with Gasteiger partial charge in [0.2, 0.25) is 15.9 Å². The summed E-state index contributed by atoms with van der Waals surface area (Å²) < 4.78 is 27.8. The second-order valence-electron chi connectivity index (χ2n) is 5.75. The van der Waals surface area contributed by atoms with Gasteiger partial charge in [0.1, 0.15) is 0 Å². The first kappa shape index (κ1) is 18.0. The van der Waals surface area contributed by atoms with Gasteiger partial charge in [-0.2, -0.15) is 0 Å². The molecule has 0 bridgehead atoms. The highest BCUT2D eigenvalue weighted by Gasteiger charge is 2.21. The van der Waals surface area contributed by atoms with Crippen molar-refractivity contribution in [2.75, 3.05) is 6.54 Å². The Labute approximate surface area is 140 Å². The average Bonchev–Trinajstić information content (AvgIpc) is 2.50. The summed E-state index contributed by atoms with van der Waals surface area (Å²) in [4.78, 5) is 3.81. The number of sulfonamides is 1. The normalized spacial score (nSPS) is 13.1. The number of hydrogen-bond donors (Lipinski definition) is 5. The molecule has 0 aliphatic rings.